The summed E-state index contributed by atoms with van der Waals surface area (Å²) < 4.78 is 18.7. The topological polar surface area (TPSA) is 55.6 Å². The van der Waals surface area contributed by atoms with Crippen molar-refractivity contribution in [2.24, 2.45) is 11.7 Å². The molecule has 4 nitrogen and oxygen atoms in total. The van der Waals surface area contributed by atoms with Gasteiger partial charge in [0.1, 0.15) is 5.82 Å². The van der Waals surface area contributed by atoms with Gasteiger partial charge in [0.15, 0.2) is 0 Å². The average Bonchev–Trinajstić information content (AvgIpc) is 2.74. The average molecular weight is 238 g/mol. The van der Waals surface area contributed by atoms with Gasteiger partial charge in [-0.2, -0.15) is 0 Å². The lowest BCUT2D eigenvalue weighted by atomic mass is 10.0. The van der Waals surface area contributed by atoms with Crippen LogP contribution in [0.25, 0.3) is 0 Å². The van der Waals surface area contributed by atoms with Gasteiger partial charge >= 0.3 is 0 Å². The smallest absolute Gasteiger partial charge is 0.233 e. The van der Waals surface area contributed by atoms with Gasteiger partial charge in [0.2, 0.25) is 5.91 Å². The van der Waals surface area contributed by atoms with Crippen LogP contribution in [-0.2, 0) is 9.53 Å². The molecule has 1 aliphatic rings. The van der Waals surface area contributed by atoms with Crippen LogP contribution < -0.4 is 10.6 Å². The van der Waals surface area contributed by atoms with Gasteiger partial charge in [-0.1, -0.05) is 12.1 Å². The molecule has 0 aliphatic carbocycles. The maximum Gasteiger partial charge on any atom is 0.233 e. The number of carbonyl (C=O) groups is 1. The minimum atomic E-state index is -0.421. The highest BCUT2D eigenvalue weighted by Gasteiger charge is 2.34. The lowest BCUT2D eigenvalue weighted by Crippen LogP contribution is -2.42. The van der Waals surface area contributed by atoms with E-state index in [1.54, 1.807) is 25.2 Å². The number of amides is 1. The van der Waals surface area contributed by atoms with Crippen LogP contribution in [0.4, 0.5) is 10.1 Å². The number of anilines is 1. The van der Waals surface area contributed by atoms with Crippen LogP contribution in [0, 0.1) is 11.7 Å². The Hall–Kier alpha value is -1.46. The number of ether oxygens (including phenoxy) is 1. The molecule has 0 bridgehead atoms. The number of nitrogens with zero attached hydrogens (tertiary/aromatic N) is 1. The zero-order valence-corrected chi connectivity index (χ0v) is 9.60. The summed E-state index contributed by atoms with van der Waals surface area (Å²) in [6.07, 6.45) is 0. The van der Waals surface area contributed by atoms with Crippen LogP contribution >= 0.6 is 0 Å². The summed E-state index contributed by atoms with van der Waals surface area (Å²) in [4.78, 5) is 13.4. The Morgan fingerprint density at radius 2 is 2.18 bits per heavy atom. The molecule has 2 unspecified atom stereocenters. The summed E-state index contributed by atoms with van der Waals surface area (Å²) in [5, 5.41) is 0. The molecule has 1 aliphatic heterocycles. The Labute approximate surface area is 99.2 Å². The number of carbonyl (C=O) groups excluding carboxylic acids is 1. The second-order valence-electron chi connectivity index (χ2n) is 4.16. The zero-order valence-electron chi connectivity index (χ0n) is 9.60. The molecule has 1 aromatic carbocycles. The van der Waals surface area contributed by atoms with E-state index < -0.39 is 5.82 Å². The van der Waals surface area contributed by atoms with E-state index in [1.165, 1.54) is 11.0 Å². The second kappa shape index (κ2) is 4.81. The molecule has 2 rings (SSSR count). The summed E-state index contributed by atoms with van der Waals surface area (Å²) in [5.74, 6) is -1.02. The highest BCUT2D eigenvalue weighted by Crippen LogP contribution is 2.21. The van der Waals surface area contributed by atoms with Crippen molar-refractivity contribution in [3.05, 3.63) is 30.1 Å². The van der Waals surface area contributed by atoms with Gasteiger partial charge in [0.25, 0.3) is 0 Å². The van der Waals surface area contributed by atoms with E-state index in [0.29, 0.717) is 13.2 Å². The van der Waals surface area contributed by atoms with Gasteiger partial charge in [-0.05, 0) is 12.1 Å². The van der Waals surface area contributed by atoms with Crippen molar-refractivity contribution >= 4 is 11.6 Å². The van der Waals surface area contributed by atoms with Crippen molar-refractivity contribution in [2.75, 3.05) is 25.2 Å². The fourth-order valence-corrected chi connectivity index (χ4v) is 1.92. The number of benzene rings is 1. The highest BCUT2D eigenvalue weighted by molar-refractivity contribution is 5.95. The Balaban J connectivity index is 2.17. The molecular weight excluding hydrogens is 223 g/mol. The summed E-state index contributed by atoms with van der Waals surface area (Å²) in [6.45, 7) is 0.681. The van der Waals surface area contributed by atoms with Gasteiger partial charge < -0.3 is 15.4 Å². The summed E-state index contributed by atoms with van der Waals surface area (Å²) in [7, 11) is 1.55. The van der Waals surface area contributed by atoms with Crippen LogP contribution in [-0.4, -0.2) is 32.2 Å². The molecule has 17 heavy (non-hydrogen) atoms. The number of para-hydroxylation sites is 1. The number of rotatable bonds is 2. The third kappa shape index (κ3) is 2.30. The predicted molar refractivity (Wildman–Crippen MR) is 62.1 cm³/mol. The van der Waals surface area contributed by atoms with Crippen molar-refractivity contribution < 1.29 is 13.9 Å². The third-order valence-corrected chi connectivity index (χ3v) is 2.99. The van der Waals surface area contributed by atoms with Gasteiger partial charge in [0.05, 0.1) is 24.8 Å². The molecule has 1 amide bonds. The van der Waals surface area contributed by atoms with Crippen LogP contribution in [0.1, 0.15) is 0 Å². The number of hydrogen-bond donors (Lipinski definition) is 1. The van der Waals surface area contributed by atoms with Crippen molar-refractivity contribution in [3.8, 4) is 0 Å². The van der Waals surface area contributed by atoms with E-state index in [-0.39, 0.29) is 23.6 Å². The van der Waals surface area contributed by atoms with Crippen molar-refractivity contribution in [3.63, 3.8) is 0 Å². The molecule has 1 heterocycles. The van der Waals surface area contributed by atoms with E-state index in [9.17, 15) is 9.18 Å². The molecule has 5 heteroatoms. The van der Waals surface area contributed by atoms with Crippen LogP contribution in [0.3, 0.4) is 0 Å². The molecule has 1 saturated heterocycles. The summed E-state index contributed by atoms with van der Waals surface area (Å²) >= 11 is 0. The van der Waals surface area contributed by atoms with Crippen molar-refractivity contribution in [2.45, 2.75) is 6.04 Å². The molecule has 92 valence electrons. The number of nitrogens with two attached hydrogens (primary N) is 1. The lowest BCUT2D eigenvalue weighted by Gasteiger charge is -2.22. The monoisotopic (exact) mass is 238 g/mol. The molecule has 2 N–H and O–H groups in total. The van der Waals surface area contributed by atoms with Gasteiger partial charge in [-0.3, -0.25) is 4.79 Å². The van der Waals surface area contributed by atoms with Crippen molar-refractivity contribution in [1.82, 2.24) is 0 Å². The highest BCUT2D eigenvalue weighted by atomic mass is 19.1. The first kappa shape index (κ1) is 12.0. The molecule has 0 radical (unpaired) electrons. The third-order valence-electron chi connectivity index (χ3n) is 2.99. The Morgan fingerprint density at radius 1 is 1.47 bits per heavy atom. The van der Waals surface area contributed by atoms with E-state index in [0.717, 1.165) is 0 Å². The molecule has 1 fully saturated rings. The second-order valence-corrected chi connectivity index (χ2v) is 4.16. The molecular formula is C12H15FN2O2. The van der Waals surface area contributed by atoms with Crippen LogP contribution in [0.5, 0.6) is 0 Å². The SMILES string of the molecule is CN(C(=O)C1COCC1N)c1ccccc1F. The maximum absolute atomic E-state index is 13.5. The molecule has 0 spiro atoms. The minimum absolute atomic E-state index is 0.208. The first-order valence-electron chi connectivity index (χ1n) is 5.46. The predicted octanol–water partition coefficient (Wildman–Crippen LogP) is 0.762. The Kier molecular flexibility index (Phi) is 3.40. The quantitative estimate of drug-likeness (QED) is 0.827. The van der Waals surface area contributed by atoms with E-state index >= 15 is 0 Å². The normalized spacial score (nSPS) is 23.7. The number of hydrogen-bond acceptors (Lipinski definition) is 3. The fraction of sp³-hybridized carbons (Fsp3) is 0.417. The Bertz CT molecular complexity index is 425. The Morgan fingerprint density at radius 3 is 2.76 bits per heavy atom. The summed E-state index contributed by atoms with van der Waals surface area (Å²) in [5.41, 5.74) is 6.03. The first-order chi connectivity index (χ1) is 8.11. The number of halogens is 1. The van der Waals surface area contributed by atoms with Crippen LogP contribution in [0.2, 0.25) is 0 Å². The largest absolute Gasteiger partial charge is 0.379 e. The molecule has 2 atom stereocenters. The molecule has 0 saturated carbocycles. The zero-order chi connectivity index (χ0) is 12.4. The van der Waals surface area contributed by atoms with E-state index in [1.807, 2.05) is 0 Å². The van der Waals surface area contributed by atoms with Gasteiger partial charge in [-0.15, -0.1) is 0 Å². The van der Waals surface area contributed by atoms with Gasteiger partial charge in [0, 0.05) is 13.1 Å². The fourth-order valence-electron chi connectivity index (χ4n) is 1.92. The van der Waals surface area contributed by atoms with Crippen LogP contribution in [0.15, 0.2) is 24.3 Å². The molecule has 1 aromatic rings. The van der Waals surface area contributed by atoms with Gasteiger partial charge in [-0.25, -0.2) is 4.39 Å². The minimum Gasteiger partial charge on any atom is -0.379 e. The van der Waals surface area contributed by atoms with E-state index in [2.05, 4.69) is 0 Å². The maximum atomic E-state index is 13.5. The standard InChI is InChI=1S/C12H15FN2O2/c1-15(11-5-3-2-4-9(11)13)12(16)8-6-17-7-10(8)14/h2-5,8,10H,6-7,14H2,1H3. The molecule has 0 aromatic heterocycles. The summed E-state index contributed by atoms with van der Waals surface area (Å²) in [6, 6.07) is 5.85. The lowest BCUT2D eigenvalue weighted by molar-refractivity contribution is -0.122. The van der Waals surface area contributed by atoms with Crippen molar-refractivity contribution in [1.29, 1.82) is 0 Å². The van der Waals surface area contributed by atoms with E-state index in [4.69, 9.17) is 10.5 Å². The first-order valence-corrected chi connectivity index (χ1v) is 5.46.